The molecule has 5 heteroatoms. The van der Waals surface area contributed by atoms with Gasteiger partial charge in [-0.2, -0.15) is 0 Å². The van der Waals surface area contributed by atoms with Crippen molar-refractivity contribution in [3.05, 3.63) is 29.8 Å². The van der Waals surface area contributed by atoms with Crippen LogP contribution < -0.4 is 10.6 Å². The van der Waals surface area contributed by atoms with E-state index in [4.69, 9.17) is 5.11 Å². The topological polar surface area (TPSA) is 78.4 Å². The zero-order valence-corrected chi connectivity index (χ0v) is 12.8. The van der Waals surface area contributed by atoms with E-state index >= 15 is 0 Å². The van der Waals surface area contributed by atoms with Gasteiger partial charge in [0.1, 0.15) is 0 Å². The number of carboxylic acids is 1. The van der Waals surface area contributed by atoms with Gasteiger partial charge in [0.05, 0.1) is 0 Å². The fourth-order valence-corrected chi connectivity index (χ4v) is 2.00. The number of carboxylic acid groups (broad SMARTS) is 1. The van der Waals surface area contributed by atoms with Gasteiger partial charge in [0.15, 0.2) is 0 Å². The highest BCUT2D eigenvalue weighted by atomic mass is 16.4. The summed E-state index contributed by atoms with van der Waals surface area (Å²) in [6.07, 6.45) is 0.787. The molecule has 3 N–H and O–H groups in total. The Morgan fingerprint density at radius 3 is 2.57 bits per heavy atom. The van der Waals surface area contributed by atoms with Crippen LogP contribution in [-0.4, -0.2) is 23.7 Å². The van der Waals surface area contributed by atoms with Crippen LogP contribution in [0.1, 0.15) is 45.1 Å². The number of urea groups is 1. The number of hydrogen-bond donors (Lipinski definition) is 3. The Bertz CT molecular complexity index is 486. The Labute approximate surface area is 125 Å². The Hall–Kier alpha value is -2.04. The second-order valence-corrected chi connectivity index (χ2v) is 5.49. The van der Waals surface area contributed by atoms with Crippen LogP contribution in [0.3, 0.4) is 0 Å². The first-order valence-electron chi connectivity index (χ1n) is 7.29. The van der Waals surface area contributed by atoms with Gasteiger partial charge < -0.3 is 15.7 Å². The third kappa shape index (κ3) is 6.29. The molecule has 1 rings (SSSR count). The molecule has 0 aliphatic heterocycles. The van der Waals surface area contributed by atoms with Crippen molar-refractivity contribution in [3.8, 4) is 0 Å². The number of amides is 2. The molecule has 1 aromatic carbocycles. The zero-order chi connectivity index (χ0) is 15.8. The number of benzene rings is 1. The van der Waals surface area contributed by atoms with Gasteiger partial charge in [0.25, 0.3) is 0 Å². The predicted octanol–water partition coefficient (Wildman–Crippen LogP) is 3.43. The summed E-state index contributed by atoms with van der Waals surface area (Å²) in [7, 11) is 0. The van der Waals surface area contributed by atoms with E-state index in [0.717, 1.165) is 17.7 Å². The molecule has 0 aliphatic rings. The van der Waals surface area contributed by atoms with E-state index in [1.165, 1.54) is 0 Å². The molecule has 0 bridgehead atoms. The molecule has 1 unspecified atom stereocenters. The highest BCUT2D eigenvalue weighted by Crippen LogP contribution is 2.18. The normalized spacial score (nSPS) is 12.0. The van der Waals surface area contributed by atoms with Crippen LogP contribution >= 0.6 is 0 Å². The lowest BCUT2D eigenvalue weighted by Gasteiger charge is -2.14. The lowest BCUT2D eigenvalue weighted by Crippen LogP contribution is -2.33. The van der Waals surface area contributed by atoms with E-state index in [0.29, 0.717) is 12.5 Å². The van der Waals surface area contributed by atoms with Crippen molar-refractivity contribution in [2.45, 2.75) is 39.5 Å². The maximum atomic E-state index is 11.8. The minimum Gasteiger partial charge on any atom is -0.481 e. The number of anilines is 1. The molecule has 0 fully saturated rings. The highest BCUT2D eigenvalue weighted by Gasteiger charge is 2.12. The van der Waals surface area contributed by atoms with Crippen molar-refractivity contribution in [2.24, 2.45) is 5.92 Å². The molecule has 5 nitrogen and oxygen atoms in total. The Morgan fingerprint density at radius 1 is 1.29 bits per heavy atom. The van der Waals surface area contributed by atoms with E-state index < -0.39 is 5.97 Å². The molecule has 0 spiro atoms. The van der Waals surface area contributed by atoms with Gasteiger partial charge in [0.2, 0.25) is 0 Å². The lowest BCUT2D eigenvalue weighted by atomic mass is 10.0. The summed E-state index contributed by atoms with van der Waals surface area (Å²) in [6.45, 7) is 6.46. The summed E-state index contributed by atoms with van der Waals surface area (Å²) < 4.78 is 0. The molecule has 2 amide bonds. The smallest absolute Gasteiger partial charge is 0.319 e. The quantitative estimate of drug-likeness (QED) is 0.720. The number of carbonyl (C=O) groups excluding carboxylic acids is 1. The Balaban J connectivity index is 2.50. The first-order valence-corrected chi connectivity index (χ1v) is 7.29. The summed E-state index contributed by atoms with van der Waals surface area (Å²) in [4.78, 5) is 22.5. The van der Waals surface area contributed by atoms with Crippen LogP contribution in [0.2, 0.25) is 0 Å². The van der Waals surface area contributed by atoms with Gasteiger partial charge in [-0.3, -0.25) is 4.79 Å². The van der Waals surface area contributed by atoms with Crippen LogP contribution in [0, 0.1) is 5.92 Å². The van der Waals surface area contributed by atoms with Crippen molar-refractivity contribution >= 4 is 17.7 Å². The largest absolute Gasteiger partial charge is 0.481 e. The van der Waals surface area contributed by atoms with Crippen molar-refractivity contribution in [2.75, 3.05) is 11.9 Å². The molecule has 1 atom stereocenters. The number of aliphatic carboxylic acids is 1. The minimum absolute atomic E-state index is 0.0461. The number of nitrogens with one attached hydrogen (secondary N) is 2. The molecule has 0 radical (unpaired) electrons. The summed E-state index contributed by atoms with van der Waals surface area (Å²) in [5, 5.41) is 14.3. The van der Waals surface area contributed by atoms with Crippen molar-refractivity contribution in [1.29, 1.82) is 0 Å². The number of carbonyl (C=O) groups is 2. The van der Waals surface area contributed by atoms with E-state index in [-0.39, 0.29) is 18.4 Å². The highest BCUT2D eigenvalue weighted by molar-refractivity contribution is 5.89. The monoisotopic (exact) mass is 292 g/mol. The van der Waals surface area contributed by atoms with E-state index in [1.807, 2.05) is 31.2 Å². The standard InChI is InChI=1S/C16H24N2O3/c1-4-12(8-15(19)20)10-17-16(21)18-14-7-5-6-13(9-14)11(2)3/h5-7,9,11-12H,4,8,10H2,1-3H3,(H,19,20)(H2,17,18,21). The first kappa shape index (κ1) is 17.0. The van der Waals surface area contributed by atoms with E-state index in [2.05, 4.69) is 24.5 Å². The number of hydrogen-bond acceptors (Lipinski definition) is 2. The van der Waals surface area contributed by atoms with Gasteiger partial charge in [-0.15, -0.1) is 0 Å². The first-order chi connectivity index (χ1) is 9.92. The molecular formula is C16H24N2O3. The van der Waals surface area contributed by atoms with Crippen molar-refractivity contribution in [1.82, 2.24) is 5.32 Å². The molecule has 0 aromatic heterocycles. The number of rotatable bonds is 7. The zero-order valence-electron chi connectivity index (χ0n) is 12.8. The second-order valence-electron chi connectivity index (χ2n) is 5.49. The Morgan fingerprint density at radius 2 is 2.00 bits per heavy atom. The van der Waals surface area contributed by atoms with Gasteiger partial charge in [0, 0.05) is 18.7 Å². The van der Waals surface area contributed by atoms with Crippen LogP contribution in [0.25, 0.3) is 0 Å². The SMILES string of the molecule is CCC(CNC(=O)Nc1cccc(C(C)C)c1)CC(=O)O. The fourth-order valence-electron chi connectivity index (χ4n) is 2.00. The third-order valence-electron chi connectivity index (χ3n) is 3.40. The molecular weight excluding hydrogens is 268 g/mol. The summed E-state index contributed by atoms with van der Waals surface area (Å²) in [5.41, 5.74) is 1.90. The van der Waals surface area contributed by atoms with Gasteiger partial charge in [-0.1, -0.05) is 39.3 Å². The lowest BCUT2D eigenvalue weighted by molar-refractivity contribution is -0.138. The maximum absolute atomic E-state index is 11.8. The van der Waals surface area contributed by atoms with Crippen LogP contribution in [0.5, 0.6) is 0 Å². The van der Waals surface area contributed by atoms with Crippen LogP contribution in [-0.2, 0) is 4.79 Å². The van der Waals surface area contributed by atoms with Crippen LogP contribution in [0.15, 0.2) is 24.3 Å². The van der Waals surface area contributed by atoms with Gasteiger partial charge in [-0.25, -0.2) is 4.79 Å². The molecule has 0 heterocycles. The van der Waals surface area contributed by atoms with E-state index in [1.54, 1.807) is 0 Å². The maximum Gasteiger partial charge on any atom is 0.319 e. The molecule has 21 heavy (non-hydrogen) atoms. The third-order valence-corrected chi connectivity index (χ3v) is 3.40. The molecule has 0 saturated carbocycles. The summed E-state index contributed by atoms with van der Waals surface area (Å²) in [6, 6.07) is 7.40. The molecule has 1 aromatic rings. The second kappa shape index (κ2) is 8.29. The van der Waals surface area contributed by atoms with Crippen LogP contribution in [0.4, 0.5) is 10.5 Å². The average Bonchev–Trinajstić information content (AvgIpc) is 2.43. The summed E-state index contributed by atoms with van der Waals surface area (Å²) in [5.74, 6) is -0.487. The molecule has 0 saturated heterocycles. The average molecular weight is 292 g/mol. The van der Waals surface area contributed by atoms with Gasteiger partial charge in [-0.05, 0) is 29.5 Å². The van der Waals surface area contributed by atoms with E-state index in [9.17, 15) is 9.59 Å². The summed E-state index contributed by atoms with van der Waals surface area (Å²) >= 11 is 0. The van der Waals surface area contributed by atoms with Gasteiger partial charge >= 0.3 is 12.0 Å². The Kier molecular flexibility index (Phi) is 6.72. The van der Waals surface area contributed by atoms with Crippen molar-refractivity contribution in [3.63, 3.8) is 0 Å². The van der Waals surface area contributed by atoms with Crippen molar-refractivity contribution < 1.29 is 14.7 Å². The molecule has 116 valence electrons. The molecule has 0 aliphatic carbocycles. The fraction of sp³-hybridized carbons (Fsp3) is 0.500. The minimum atomic E-state index is -0.839. The predicted molar refractivity (Wildman–Crippen MR) is 83.6 cm³/mol.